The number of nitrogens with zero attached hydrogens (tertiary/aromatic N) is 4. The van der Waals surface area contributed by atoms with Crippen LogP contribution in [0.4, 0.5) is 5.82 Å². The van der Waals surface area contributed by atoms with Crippen molar-refractivity contribution in [1.82, 2.24) is 19.5 Å². The van der Waals surface area contributed by atoms with E-state index in [-0.39, 0.29) is 28.7 Å². The minimum atomic E-state index is -4.75. The zero-order valence-electron chi connectivity index (χ0n) is 22.9. The lowest BCUT2D eigenvalue weighted by Gasteiger charge is -2.61. The summed E-state index contributed by atoms with van der Waals surface area (Å²) >= 11 is 6.19. The quantitative estimate of drug-likeness (QED) is 0.134. The van der Waals surface area contributed by atoms with Gasteiger partial charge in [-0.15, -0.1) is 0 Å². The van der Waals surface area contributed by atoms with Gasteiger partial charge in [0.2, 0.25) is 18.6 Å². The summed E-state index contributed by atoms with van der Waals surface area (Å²) in [5, 5.41) is 34.9. The van der Waals surface area contributed by atoms with E-state index >= 15 is 0 Å². The molecule has 43 heavy (non-hydrogen) atoms. The number of aliphatic hydroxyl groups excluding tert-OH is 2. The van der Waals surface area contributed by atoms with E-state index in [0.29, 0.717) is 18.3 Å². The number of fused-ring (bicyclic) bond motifs is 1. The summed E-state index contributed by atoms with van der Waals surface area (Å²) in [7, 11) is -9.00. The number of carbonyl (C=O) groups is 1. The third-order valence-corrected chi connectivity index (χ3v) is 13.8. The van der Waals surface area contributed by atoms with Crippen molar-refractivity contribution in [2.45, 2.75) is 81.1 Å². The molecule has 1 aliphatic heterocycles. The van der Waals surface area contributed by atoms with Crippen LogP contribution in [0.5, 0.6) is 0 Å². The highest BCUT2D eigenvalue weighted by Gasteiger charge is 2.60. The Balaban J connectivity index is 1.20. The predicted octanol–water partition coefficient (Wildman–Crippen LogP) is 0.492. The van der Waals surface area contributed by atoms with Crippen molar-refractivity contribution >= 4 is 49.5 Å². The maximum atomic E-state index is 13.5. The second kappa shape index (κ2) is 10.8. The third-order valence-electron chi connectivity index (χ3n) is 9.43. The van der Waals surface area contributed by atoms with Crippen LogP contribution in [0.15, 0.2) is 6.33 Å². The van der Waals surface area contributed by atoms with Gasteiger partial charge in [-0.25, -0.2) is 4.98 Å². The van der Waals surface area contributed by atoms with Crippen LogP contribution in [-0.4, -0.2) is 97.4 Å². The molecule has 4 aliphatic carbocycles. The molecule has 7 rings (SSSR count). The number of ether oxygens (including phenoxy) is 1. The van der Waals surface area contributed by atoms with Gasteiger partial charge in [-0.3, -0.25) is 18.5 Å². The van der Waals surface area contributed by atoms with Crippen molar-refractivity contribution in [1.29, 1.82) is 0 Å². The van der Waals surface area contributed by atoms with Gasteiger partial charge in [-0.2, -0.15) is 9.97 Å². The average Bonchev–Trinajstić information content (AvgIpc) is 3.40. The number of nitrogens with one attached hydrogen (secondary N) is 1. The van der Waals surface area contributed by atoms with Gasteiger partial charge in [-0.05, 0) is 73.8 Å². The van der Waals surface area contributed by atoms with Gasteiger partial charge in [0.25, 0.3) is 0 Å². The number of hydrogen-bond acceptors (Lipinski definition) is 11. The van der Waals surface area contributed by atoms with Gasteiger partial charge in [0.15, 0.2) is 23.2 Å². The van der Waals surface area contributed by atoms with Crippen molar-refractivity contribution in [2.75, 3.05) is 17.4 Å². The molecule has 1 amide bonds. The van der Waals surface area contributed by atoms with E-state index in [1.54, 1.807) is 0 Å². The topological polar surface area (TPSA) is 263 Å². The van der Waals surface area contributed by atoms with Crippen LogP contribution in [-0.2, 0) is 18.7 Å². The first-order valence-corrected chi connectivity index (χ1v) is 18.2. The molecule has 2 aromatic rings. The highest BCUT2D eigenvalue weighted by atomic mass is 35.5. The van der Waals surface area contributed by atoms with E-state index in [1.807, 2.05) is 0 Å². The Kier molecular flexibility index (Phi) is 7.87. The molecule has 3 heterocycles. The van der Waals surface area contributed by atoms with Crippen LogP contribution in [0, 0.1) is 17.3 Å². The van der Waals surface area contributed by atoms with Crippen molar-refractivity contribution in [3.63, 3.8) is 0 Å². The largest absolute Gasteiger partial charge is 0.390 e. The van der Waals surface area contributed by atoms with Gasteiger partial charge in [0.05, 0.1) is 24.1 Å². The minimum Gasteiger partial charge on any atom is -0.390 e. The number of anilines is 1. The van der Waals surface area contributed by atoms with Crippen LogP contribution in [0.3, 0.4) is 0 Å². The zero-order valence-corrected chi connectivity index (χ0v) is 25.5. The van der Waals surface area contributed by atoms with E-state index in [0.717, 1.165) is 32.1 Å². The normalized spacial score (nSPS) is 37.5. The van der Waals surface area contributed by atoms with Crippen LogP contribution in [0.2, 0.25) is 5.28 Å². The molecule has 5 aliphatic rings. The molecule has 0 radical (unpaired) electrons. The summed E-state index contributed by atoms with van der Waals surface area (Å²) in [4.78, 5) is 54.1. The van der Waals surface area contributed by atoms with E-state index in [9.17, 15) is 34.1 Å². The van der Waals surface area contributed by atoms with Crippen LogP contribution >= 0.6 is 26.6 Å². The molecule has 19 heteroatoms. The van der Waals surface area contributed by atoms with Gasteiger partial charge < -0.3 is 45.8 Å². The molecule has 9 N–H and O–H groups in total. The molecular weight excluding hydrogens is 630 g/mol. The van der Waals surface area contributed by atoms with E-state index in [1.165, 1.54) is 10.9 Å². The molecule has 6 unspecified atom stereocenters. The number of amides is 1. The number of aliphatic hydroxyl groups is 3. The monoisotopic (exact) mass is 664 g/mol. The van der Waals surface area contributed by atoms with Crippen LogP contribution in [0.25, 0.3) is 11.2 Å². The fraction of sp³-hybridized carbons (Fsp3) is 0.750. The molecule has 238 valence electrons. The van der Waals surface area contributed by atoms with Gasteiger partial charge in [0.1, 0.15) is 18.1 Å². The number of rotatable bonds is 9. The van der Waals surface area contributed by atoms with Gasteiger partial charge in [-0.1, -0.05) is 0 Å². The first kappa shape index (κ1) is 31.4. The van der Waals surface area contributed by atoms with Crippen molar-refractivity contribution in [3.05, 3.63) is 11.6 Å². The average molecular weight is 665 g/mol. The maximum Gasteiger partial charge on any atom is 0.335 e. The molecule has 10 atom stereocenters. The molecule has 1 saturated heterocycles. The Morgan fingerprint density at radius 2 is 1.84 bits per heavy atom. The summed E-state index contributed by atoms with van der Waals surface area (Å²) in [5.74, 6) is -1.09. The molecular formula is C24H35ClN6O10P2. The zero-order chi connectivity index (χ0) is 31.1. The molecule has 0 spiro atoms. The lowest BCUT2D eigenvalue weighted by Crippen LogP contribution is -2.63. The fourth-order valence-corrected chi connectivity index (χ4v) is 11.9. The summed E-state index contributed by atoms with van der Waals surface area (Å²) in [6, 6.07) is -0.917. The fourth-order valence-electron chi connectivity index (χ4n) is 8.17. The standard InChI is InChI=1S/C24H35ClN6O10P2/c25-22-29-18(28-20(34)17(26)23-4-11-3-12(5-23)7-24(35,6-11)8-23)14-19(30-22)31(9-27-14)21-16(33)15(32)13(41-21)1-2-42(36,37)10-43(38,39)40/h9,11-13,15-17,21,32-33,35H,1-8,10,26H2,(H,36,37)(H2,38,39,40)(H,28,29,30,34)/t11-,12?,13-,15+,16?,17?,21-,23?,24?/m1/s1. The summed E-state index contributed by atoms with van der Waals surface area (Å²) in [6.07, 6.45) is -0.574. The number of imidazole rings is 1. The number of aromatic nitrogens is 4. The molecule has 2 aromatic heterocycles. The van der Waals surface area contributed by atoms with E-state index in [2.05, 4.69) is 20.3 Å². The SMILES string of the molecule is NC(C(=O)Nc1nc(Cl)nc2c1ncn2[C@@H]1O[C@H](CCP(=O)(O)CP(=O)(O)O)[C@H](O)C1O)C12CC3C[C@@H](CC(O)(C3)C1)C2. The number of carbonyl (C=O) groups excluding carboxylic acids is 1. The van der Waals surface area contributed by atoms with Crippen LogP contribution in [0.1, 0.15) is 51.2 Å². The summed E-state index contributed by atoms with van der Waals surface area (Å²) in [6.45, 7) is 0. The van der Waals surface area contributed by atoms with Crippen molar-refractivity contribution in [3.8, 4) is 0 Å². The second-order valence-corrected chi connectivity index (χ2v) is 17.8. The highest BCUT2D eigenvalue weighted by molar-refractivity contribution is 7.72. The Morgan fingerprint density at radius 1 is 1.16 bits per heavy atom. The molecule has 16 nitrogen and oxygen atoms in total. The highest BCUT2D eigenvalue weighted by Crippen LogP contribution is 2.62. The predicted molar refractivity (Wildman–Crippen MR) is 151 cm³/mol. The Morgan fingerprint density at radius 3 is 2.47 bits per heavy atom. The third kappa shape index (κ3) is 6.05. The summed E-state index contributed by atoms with van der Waals surface area (Å²) < 4.78 is 30.4. The van der Waals surface area contributed by atoms with E-state index in [4.69, 9.17) is 31.9 Å². The van der Waals surface area contributed by atoms with Gasteiger partial charge >= 0.3 is 7.60 Å². The first-order chi connectivity index (χ1) is 20.0. The van der Waals surface area contributed by atoms with Crippen LogP contribution < -0.4 is 11.1 Å². The van der Waals surface area contributed by atoms with Gasteiger partial charge in [0, 0.05) is 6.16 Å². The Hall–Kier alpha value is -1.55. The summed E-state index contributed by atoms with van der Waals surface area (Å²) in [5.41, 5.74) is 5.39. The smallest absolute Gasteiger partial charge is 0.335 e. The Labute approximate surface area is 250 Å². The first-order valence-electron chi connectivity index (χ1n) is 14.0. The molecule has 0 aromatic carbocycles. The lowest BCUT2D eigenvalue weighted by molar-refractivity contribution is -0.172. The maximum absolute atomic E-state index is 13.5. The number of halogens is 1. The molecule has 4 saturated carbocycles. The van der Waals surface area contributed by atoms with Crippen molar-refractivity contribution in [2.24, 2.45) is 23.0 Å². The number of nitrogens with two attached hydrogens (primary N) is 1. The van der Waals surface area contributed by atoms with E-state index < -0.39 is 74.5 Å². The lowest BCUT2D eigenvalue weighted by atomic mass is 9.46. The molecule has 4 bridgehead atoms. The molecule has 5 fully saturated rings. The number of hydrogen-bond donors (Lipinski definition) is 8. The second-order valence-electron chi connectivity index (χ2n) is 12.9. The van der Waals surface area contributed by atoms with Crippen molar-refractivity contribution < 1.29 is 48.7 Å². The minimum absolute atomic E-state index is 0.0270. The Bertz CT molecular complexity index is 1520.